The first kappa shape index (κ1) is 13.8. The molecule has 0 saturated heterocycles. The summed E-state index contributed by atoms with van der Waals surface area (Å²) in [7, 11) is 1.74. The van der Waals surface area contributed by atoms with Crippen LogP contribution in [0.4, 0.5) is 5.95 Å². The van der Waals surface area contributed by atoms with Crippen LogP contribution in [0.25, 0.3) is 11.3 Å². The van der Waals surface area contributed by atoms with Crippen LogP contribution in [-0.2, 0) is 13.6 Å². The van der Waals surface area contributed by atoms with Gasteiger partial charge in [-0.1, -0.05) is 17.2 Å². The molecule has 2 aromatic heterocycles. The molecule has 2 heterocycles. The van der Waals surface area contributed by atoms with Crippen LogP contribution >= 0.6 is 0 Å². The van der Waals surface area contributed by atoms with Gasteiger partial charge in [0.2, 0.25) is 5.95 Å². The van der Waals surface area contributed by atoms with Gasteiger partial charge in [0.05, 0.1) is 12.1 Å². The SMILES string of the molecule is Cn1nnnc1NCc1ccc(-c2ccc(C(=O)O)cc2)o1. The van der Waals surface area contributed by atoms with Crippen LogP contribution in [0.3, 0.4) is 0 Å². The third-order valence-electron chi connectivity index (χ3n) is 3.12. The maximum absolute atomic E-state index is 10.8. The Morgan fingerprint density at radius 1 is 1.27 bits per heavy atom. The highest BCUT2D eigenvalue weighted by atomic mass is 16.4. The van der Waals surface area contributed by atoms with Gasteiger partial charge in [-0.25, -0.2) is 9.48 Å². The molecule has 0 amide bonds. The largest absolute Gasteiger partial charge is 0.478 e. The molecule has 0 bridgehead atoms. The van der Waals surface area contributed by atoms with E-state index < -0.39 is 5.97 Å². The van der Waals surface area contributed by atoms with E-state index in [1.165, 1.54) is 4.68 Å². The van der Waals surface area contributed by atoms with Crippen molar-refractivity contribution in [1.29, 1.82) is 0 Å². The minimum absolute atomic E-state index is 0.243. The third-order valence-corrected chi connectivity index (χ3v) is 3.12. The Bertz CT molecular complexity index is 791. The lowest BCUT2D eigenvalue weighted by Crippen LogP contribution is -2.04. The first-order valence-electron chi connectivity index (χ1n) is 6.52. The number of rotatable bonds is 5. The second-order valence-electron chi connectivity index (χ2n) is 4.63. The highest BCUT2D eigenvalue weighted by Gasteiger charge is 2.08. The van der Waals surface area contributed by atoms with E-state index in [-0.39, 0.29) is 5.56 Å². The van der Waals surface area contributed by atoms with Gasteiger partial charge in [0, 0.05) is 12.6 Å². The number of hydrogen-bond donors (Lipinski definition) is 2. The van der Waals surface area contributed by atoms with Gasteiger partial charge in [0.25, 0.3) is 0 Å². The third kappa shape index (κ3) is 2.80. The fourth-order valence-corrected chi connectivity index (χ4v) is 1.95. The normalized spacial score (nSPS) is 10.6. The van der Waals surface area contributed by atoms with E-state index in [4.69, 9.17) is 9.52 Å². The fraction of sp³-hybridized carbons (Fsp3) is 0.143. The van der Waals surface area contributed by atoms with Gasteiger partial charge in [0.1, 0.15) is 11.5 Å². The first-order chi connectivity index (χ1) is 10.6. The van der Waals surface area contributed by atoms with E-state index in [2.05, 4.69) is 20.8 Å². The van der Waals surface area contributed by atoms with Crippen molar-refractivity contribution in [3.63, 3.8) is 0 Å². The number of hydrogen-bond acceptors (Lipinski definition) is 6. The molecule has 0 aliphatic rings. The molecular formula is C14H13N5O3. The van der Waals surface area contributed by atoms with E-state index >= 15 is 0 Å². The summed E-state index contributed by atoms with van der Waals surface area (Å²) in [5.41, 5.74) is 1.06. The van der Waals surface area contributed by atoms with Gasteiger partial charge in [-0.15, -0.1) is 0 Å². The number of carbonyl (C=O) groups is 1. The molecule has 0 aliphatic carbocycles. The summed E-state index contributed by atoms with van der Waals surface area (Å²) in [6.45, 7) is 0.446. The zero-order valence-electron chi connectivity index (χ0n) is 11.7. The number of furan rings is 1. The van der Waals surface area contributed by atoms with Crippen molar-refractivity contribution < 1.29 is 14.3 Å². The van der Waals surface area contributed by atoms with Crippen molar-refractivity contribution in [2.45, 2.75) is 6.54 Å². The van der Waals surface area contributed by atoms with Gasteiger partial charge >= 0.3 is 5.97 Å². The number of nitrogens with one attached hydrogen (secondary N) is 1. The molecule has 2 N–H and O–H groups in total. The average Bonchev–Trinajstić information content (AvgIpc) is 3.14. The lowest BCUT2D eigenvalue weighted by molar-refractivity contribution is 0.0697. The average molecular weight is 299 g/mol. The number of carboxylic acid groups (broad SMARTS) is 1. The number of aromatic nitrogens is 4. The van der Waals surface area contributed by atoms with Crippen LogP contribution in [-0.4, -0.2) is 31.3 Å². The molecule has 8 nitrogen and oxygen atoms in total. The van der Waals surface area contributed by atoms with Gasteiger partial charge in [-0.2, -0.15) is 0 Å². The molecule has 0 unspecified atom stereocenters. The molecule has 3 rings (SSSR count). The van der Waals surface area contributed by atoms with Crippen LogP contribution in [0.5, 0.6) is 0 Å². The molecule has 0 spiro atoms. The van der Waals surface area contributed by atoms with E-state index in [1.807, 2.05) is 12.1 Å². The number of aromatic carboxylic acids is 1. The number of carboxylic acids is 1. The summed E-state index contributed by atoms with van der Waals surface area (Å²) < 4.78 is 7.24. The standard InChI is InChI=1S/C14H13N5O3/c1-19-14(16-17-18-19)15-8-11-6-7-12(22-11)9-2-4-10(5-3-9)13(20)21/h2-7H,8H2,1H3,(H,20,21)(H,15,16,18). The molecule has 0 aliphatic heterocycles. The Labute approximate surface area is 125 Å². The molecule has 1 aromatic carbocycles. The minimum Gasteiger partial charge on any atom is -0.478 e. The summed E-state index contributed by atoms with van der Waals surface area (Å²) in [6.07, 6.45) is 0. The van der Waals surface area contributed by atoms with Crippen LogP contribution in [0.15, 0.2) is 40.8 Å². The van der Waals surface area contributed by atoms with Crippen molar-refractivity contribution >= 4 is 11.9 Å². The lowest BCUT2D eigenvalue weighted by atomic mass is 10.1. The molecule has 0 fully saturated rings. The maximum Gasteiger partial charge on any atom is 0.335 e. The van der Waals surface area contributed by atoms with E-state index in [0.29, 0.717) is 18.3 Å². The van der Waals surface area contributed by atoms with Crippen molar-refractivity contribution in [2.24, 2.45) is 7.05 Å². The van der Waals surface area contributed by atoms with Crippen molar-refractivity contribution in [3.8, 4) is 11.3 Å². The summed E-state index contributed by atoms with van der Waals surface area (Å²) in [4.78, 5) is 10.8. The Balaban J connectivity index is 1.70. The van der Waals surface area contributed by atoms with Crippen LogP contribution in [0.2, 0.25) is 0 Å². The Kier molecular flexibility index (Phi) is 3.57. The maximum atomic E-state index is 10.8. The summed E-state index contributed by atoms with van der Waals surface area (Å²) in [5, 5.41) is 23.0. The van der Waals surface area contributed by atoms with E-state index in [9.17, 15) is 4.79 Å². The molecular weight excluding hydrogens is 286 g/mol. The fourth-order valence-electron chi connectivity index (χ4n) is 1.95. The van der Waals surface area contributed by atoms with Crippen molar-refractivity contribution in [3.05, 3.63) is 47.7 Å². The smallest absolute Gasteiger partial charge is 0.335 e. The van der Waals surface area contributed by atoms with Gasteiger partial charge in [-0.05, 0) is 34.7 Å². The van der Waals surface area contributed by atoms with Crippen molar-refractivity contribution in [1.82, 2.24) is 20.2 Å². The van der Waals surface area contributed by atoms with E-state index in [1.54, 1.807) is 31.3 Å². The minimum atomic E-state index is -0.951. The molecule has 112 valence electrons. The Morgan fingerprint density at radius 3 is 2.68 bits per heavy atom. The Hall–Kier alpha value is -3.16. The van der Waals surface area contributed by atoms with Gasteiger partial charge in [-0.3, -0.25) is 0 Å². The van der Waals surface area contributed by atoms with Crippen molar-refractivity contribution in [2.75, 3.05) is 5.32 Å². The van der Waals surface area contributed by atoms with Gasteiger partial charge < -0.3 is 14.8 Å². The second kappa shape index (κ2) is 5.68. The quantitative estimate of drug-likeness (QED) is 0.739. The van der Waals surface area contributed by atoms with Gasteiger partial charge in [0.15, 0.2) is 0 Å². The molecule has 0 atom stereocenters. The predicted octanol–water partition coefficient (Wildman–Crippen LogP) is 1.78. The molecule has 22 heavy (non-hydrogen) atoms. The predicted molar refractivity (Wildman–Crippen MR) is 77.2 cm³/mol. The summed E-state index contributed by atoms with van der Waals surface area (Å²) in [5.74, 6) is 0.988. The second-order valence-corrected chi connectivity index (χ2v) is 4.63. The number of nitrogens with zero attached hydrogens (tertiary/aromatic N) is 4. The van der Waals surface area contributed by atoms with Crippen LogP contribution in [0.1, 0.15) is 16.1 Å². The monoisotopic (exact) mass is 299 g/mol. The Morgan fingerprint density at radius 2 is 2.05 bits per heavy atom. The van der Waals surface area contributed by atoms with Crippen LogP contribution in [0, 0.1) is 0 Å². The number of anilines is 1. The summed E-state index contributed by atoms with van der Waals surface area (Å²) in [6, 6.07) is 10.2. The topological polar surface area (TPSA) is 106 Å². The highest BCUT2D eigenvalue weighted by molar-refractivity contribution is 5.88. The first-order valence-corrected chi connectivity index (χ1v) is 6.52. The highest BCUT2D eigenvalue weighted by Crippen LogP contribution is 2.23. The number of tetrazole rings is 1. The number of benzene rings is 1. The number of aryl methyl sites for hydroxylation is 1. The zero-order valence-corrected chi connectivity index (χ0v) is 11.7. The van der Waals surface area contributed by atoms with E-state index in [0.717, 1.165) is 11.3 Å². The lowest BCUT2D eigenvalue weighted by Gasteiger charge is -2.01. The zero-order chi connectivity index (χ0) is 15.5. The molecule has 0 radical (unpaired) electrons. The molecule has 3 aromatic rings. The van der Waals surface area contributed by atoms with Crippen LogP contribution < -0.4 is 5.32 Å². The molecule has 8 heteroatoms. The molecule has 0 saturated carbocycles. The summed E-state index contributed by atoms with van der Waals surface area (Å²) >= 11 is 0.